The summed E-state index contributed by atoms with van der Waals surface area (Å²) in [7, 11) is 2.81. The van der Waals surface area contributed by atoms with Crippen molar-refractivity contribution in [1.82, 2.24) is 0 Å². The lowest BCUT2D eigenvalue weighted by Gasteiger charge is -2.11. The molecule has 2 aromatic rings. The predicted octanol–water partition coefficient (Wildman–Crippen LogP) is 3.18. The summed E-state index contributed by atoms with van der Waals surface area (Å²) in [5, 5.41) is 13.8. The number of amides is 1. The Bertz CT molecular complexity index is 731. The van der Waals surface area contributed by atoms with Crippen LogP contribution in [0.3, 0.4) is 0 Å². The number of anilines is 1. The second kappa shape index (κ2) is 7.96. The average Bonchev–Trinajstić information content (AvgIpc) is 2.60. The highest BCUT2D eigenvalue weighted by Gasteiger charge is 2.21. The van der Waals surface area contributed by atoms with Crippen molar-refractivity contribution in [2.24, 2.45) is 0 Å². The number of rotatable bonds is 7. The fourth-order valence-corrected chi connectivity index (χ4v) is 2.23. The van der Waals surface area contributed by atoms with Gasteiger partial charge in [-0.2, -0.15) is 0 Å². The number of nitro benzene ring substituents is 1. The van der Waals surface area contributed by atoms with Gasteiger partial charge in [-0.3, -0.25) is 14.9 Å². The molecule has 0 aliphatic rings. The Morgan fingerprint density at radius 2 is 1.75 bits per heavy atom. The summed E-state index contributed by atoms with van der Waals surface area (Å²) in [6.45, 7) is 0. The highest BCUT2D eigenvalue weighted by molar-refractivity contribution is 5.93. The van der Waals surface area contributed by atoms with Gasteiger partial charge in [0.1, 0.15) is 5.69 Å². The van der Waals surface area contributed by atoms with Crippen molar-refractivity contribution in [1.29, 1.82) is 0 Å². The van der Waals surface area contributed by atoms with E-state index in [1.54, 1.807) is 0 Å². The summed E-state index contributed by atoms with van der Waals surface area (Å²) in [5.74, 6) is 0.224. The maximum absolute atomic E-state index is 12.1. The van der Waals surface area contributed by atoms with Crippen molar-refractivity contribution in [2.45, 2.75) is 12.8 Å². The van der Waals surface area contributed by atoms with Crippen molar-refractivity contribution in [3.8, 4) is 11.5 Å². The van der Waals surface area contributed by atoms with Gasteiger partial charge in [-0.05, 0) is 12.0 Å². The van der Waals surface area contributed by atoms with Crippen LogP contribution in [-0.4, -0.2) is 25.1 Å². The SMILES string of the molecule is COc1cc(NC(=O)CCc2ccccc2)c([N+](=O)[O-])cc1OC. The molecule has 0 aliphatic carbocycles. The number of nitrogens with one attached hydrogen (secondary N) is 1. The van der Waals surface area contributed by atoms with Gasteiger partial charge in [0.25, 0.3) is 5.69 Å². The number of nitro groups is 1. The summed E-state index contributed by atoms with van der Waals surface area (Å²) in [6, 6.07) is 12.1. The van der Waals surface area contributed by atoms with E-state index in [4.69, 9.17) is 9.47 Å². The van der Waals surface area contributed by atoms with Crippen LogP contribution in [0.4, 0.5) is 11.4 Å². The van der Waals surface area contributed by atoms with E-state index in [0.717, 1.165) is 5.56 Å². The molecule has 0 heterocycles. The maximum Gasteiger partial charge on any atom is 0.296 e. The number of carbonyl (C=O) groups excluding carboxylic acids is 1. The molecule has 0 saturated heterocycles. The average molecular weight is 330 g/mol. The van der Waals surface area contributed by atoms with Gasteiger partial charge in [-0.1, -0.05) is 30.3 Å². The molecule has 0 spiro atoms. The van der Waals surface area contributed by atoms with E-state index in [1.807, 2.05) is 30.3 Å². The first-order valence-electron chi connectivity index (χ1n) is 7.29. The van der Waals surface area contributed by atoms with E-state index in [2.05, 4.69) is 5.32 Å². The highest BCUT2D eigenvalue weighted by atomic mass is 16.6. The number of nitrogens with zero attached hydrogens (tertiary/aromatic N) is 1. The molecule has 0 fully saturated rings. The fourth-order valence-electron chi connectivity index (χ4n) is 2.23. The molecular weight excluding hydrogens is 312 g/mol. The summed E-state index contributed by atoms with van der Waals surface area (Å²) in [6.07, 6.45) is 0.767. The number of hydrogen-bond acceptors (Lipinski definition) is 5. The molecule has 0 unspecified atom stereocenters. The van der Waals surface area contributed by atoms with Crippen molar-refractivity contribution in [3.63, 3.8) is 0 Å². The molecule has 7 nitrogen and oxygen atoms in total. The summed E-state index contributed by atoms with van der Waals surface area (Å²) >= 11 is 0. The second-order valence-corrected chi connectivity index (χ2v) is 5.02. The monoisotopic (exact) mass is 330 g/mol. The molecule has 0 aliphatic heterocycles. The summed E-state index contributed by atoms with van der Waals surface area (Å²) in [4.78, 5) is 22.7. The van der Waals surface area contributed by atoms with E-state index < -0.39 is 4.92 Å². The molecule has 126 valence electrons. The molecule has 2 rings (SSSR count). The first-order chi connectivity index (χ1) is 11.5. The van der Waals surface area contributed by atoms with Crippen molar-refractivity contribution in [3.05, 3.63) is 58.1 Å². The van der Waals surface area contributed by atoms with Crippen LogP contribution in [0.2, 0.25) is 0 Å². The topological polar surface area (TPSA) is 90.7 Å². The molecule has 2 aromatic carbocycles. The molecular formula is C17H18N2O5. The Labute approximate surface area is 139 Å². The molecule has 24 heavy (non-hydrogen) atoms. The van der Waals surface area contributed by atoms with Gasteiger partial charge in [-0.15, -0.1) is 0 Å². The lowest BCUT2D eigenvalue weighted by Crippen LogP contribution is -2.14. The largest absolute Gasteiger partial charge is 0.493 e. The van der Waals surface area contributed by atoms with Gasteiger partial charge in [0.15, 0.2) is 11.5 Å². The number of benzene rings is 2. The lowest BCUT2D eigenvalue weighted by molar-refractivity contribution is -0.384. The van der Waals surface area contributed by atoms with Crippen molar-refractivity contribution < 1.29 is 19.2 Å². The predicted molar refractivity (Wildman–Crippen MR) is 89.6 cm³/mol. The zero-order valence-electron chi connectivity index (χ0n) is 13.4. The van der Waals surface area contributed by atoms with Crippen LogP contribution in [0.15, 0.2) is 42.5 Å². The van der Waals surface area contributed by atoms with Gasteiger partial charge in [-0.25, -0.2) is 0 Å². The van der Waals surface area contributed by atoms with Crippen molar-refractivity contribution >= 4 is 17.3 Å². The summed E-state index contributed by atoms with van der Waals surface area (Å²) in [5.41, 5.74) is 0.853. The van der Waals surface area contributed by atoms with E-state index in [1.165, 1.54) is 26.4 Å². The third-order valence-electron chi connectivity index (χ3n) is 3.46. The van der Waals surface area contributed by atoms with Gasteiger partial charge in [0, 0.05) is 12.5 Å². The normalized spacial score (nSPS) is 10.1. The van der Waals surface area contributed by atoms with Crippen molar-refractivity contribution in [2.75, 3.05) is 19.5 Å². The van der Waals surface area contributed by atoms with E-state index in [9.17, 15) is 14.9 Å². The van der Waals surface area contributed by atoms with E-state index in [-0.39, 0.29) is 29.5 Å². The first kappa shape index (κ1) is 17.3. The molecule has 1 amide bonds. The minimum absolute atomic E-state index is 0.0794. The standard InChI is InChI=1S/C17H18N2O5/c1-23-15-10-13(14(19(21)22)11-16(15)24-2)18-17(20)9-8-12-6-4-3-5-7-12/h3-7,10-11H,8-9H2,1-2H3,(H,18,20). The number of aryl methyl sites for hydroxylation is 1. The number of methoxy groups -OCH3 is 2. The number of carbonyl (C=O) groups is 1. The Balaban J connectivity index is 2.15. The Morgan fingerprint density at radius 1 is 1.12 bits per heavy atom. The van der Waals surface area contributed by atoms with Gasteiger partial charge in [0.05, 0.1) is 25.2 Å². The van der Waals surface area contributed by atoms with Crippen LogP contribution in [0, 0.1) is 10.1 Å². The van der Waals surface area contributed by atoms with Gasteiger partial charge in [0.2, 0.25) is 5.91 Å². The quantitative estimate of drug-likeness (QED) is 0.622. The van der Waals surface area contributed by atoms with Gasteiger partial charge < -0.3 is 14.8 Å². The van der Waals surface area contributed by atoms with Crippen LogP contribution >= 0.6 is 0 Å². The molecule has 0 radical (unpaired) electrons. The molecule has 0 saturated carbocycles. The number of hydrogen-bond donors (Lipinski definition) is 1. The van der Waals surface area contributed by atoms with Crippen LogP contribution in [0.25, 0.3) is 0 Å². The third-order valence-corrected chi connectivity index (χ3v) is 3.46. The first-order valence-corrected chi connectivity index (χ1v) is 7.29. The van der Waals surface area contributed by atoms with Crippen LogP contribution < -0.4 is 14.8 Å². The van der Waals surface area contributed by atoms with E-state index >= 15 is 0 Å². The maximum atomic E-state index is 12.1. The lowest BCUT2D eigenvalue weighted by atomic mass is 10.1. The Morgan fingerprint density at radius 3 is 2.33 bits per heavy atom. The number of ether oxygens (including phenoxy) is 2. The molecule has 0 atom stereocenters. The summed E-state index contributed by atoms with van der Waals surface area (Å²) < 4.78 is 10.2. The highest BCUT2D eigenvalue weighted by Crippen LogP contribution is 2.37. The van der Waals surface area contributed by atoms with Gasteiger partial charge >= 0.3 is 0 Å². The molecule has 0 aromatic heterocycles. The third kappa shape index (κ3) is 4.22. The zero-order chi connectivity index (χ0) is 17.5. The van der Waals surface area contributed by atoms with Crippen LogP contribution in [0.5, 0.6) is 11.5 Å². The second-order valence-electron chi connectivity index (χ2n) is 5.02. The molecule has 7 heteroatoms. The minimum atomic E-state index is -0.575. The fraction of sp³-hybridized carbons (Fsp3) is 0.235. The smallest absolute Gasteiger partial charge is 0.296 e. The minimum Gasteiger partial charge on any atom is -0.493 e. The molecule has 1 N–H and O–H groups in total. The molecule has 0 bridgehead atoms. The zero-order valence-corrected chi connectivity index (χ0v) is 13.4. The van der Waals surface area contributed by atoms with Crippen LogP contribution in [-0.2, 0) is 11.2 Å². The Kier molecular flexibility index (Phi) is 5.73. The van der Waals surface area contributed by atoms with E-state index in [0.29, 0.717) is 12.2 Å². The Hall–Kier alpha value is -3.09. The van der Waals surface area contributed by atoms with Crippen LogP contribution in [0.1, 0.15) is 12.0 Å².